The first-order valence-corrected chi connectivity index (χ1v) is 12.2. The molecule has 3 amide bonds. The summed E-state index contributed by atoms with van der Waals surface area (Å²) >= 11 is 10.9. The number of amides is 3. The Labute approximate surface area is 203 Å². The summed E-state index contributed by atoms with van der Waals surface area (Å²) in [5.74, 6) is 0.0471. The quantitative estimate of drug-likeness (QED) is 0.293. The van der Waals surface area contributed by atoms with Crippen molar-refractivity contribution in [2.75, 3.05) is 52.6 Å². The van der Waals surface area contributed by atoms with Gasteiger partial charge in [-0.2, -0.15) is 0 Å². The van der Waals surface area contributed by atoms with Crippen LogP contribution in [0.15, 0.2) is 0 Å². The topological polar surface area (TPSA) is 65.6 Å². The van der Waals surface area contributed by atoms with Crippen LogP contribution in [0.25, 0.3) is 0 Å². The predicted molar refractivity (Wildman–Crippen MR) is 133 cm³/mol. The van der Waals surface area contributed by atoms with Crippen molar-refractivity contribution in [1.82, 2.24) is 19.6 Å². The smallest absolute Gasteiger partial charge is 0.325 e. The van der Waals surface area contributed by atoms with Crippen LogP contribution in [0.5, 0.6) is 0 Å². The highest BCUT2D eigenvalue weighted by atomic mass is 32.1. The number of rotatable bonds is 13. The minimum Gasteiger partial charge on any atom is -0.379 e. The van der Waals surface area contributed by atoms with E-state index in [-0.39, 0.29) is 11.9 Å². The summed E-state index contributed by atoms with van der Waals surface area (Å²) in [6.45, 7) is 16.3. The van der Waals surface area contributed by atoms with Gasteiger partial charge in [-0.1, -0.05) is 12.2 Å². The molecule has 0 N–H and O–H groups in total. The van der Waals surface area contributed by atoms with Crippen LogP contribution >= 0.6 is 24.4 Å². The van der Waals surface area contributed by atoms with Gasteiger partial charge in [0.25, 0.3) is 0 Å². The molecule has 2 aliphatic rings. The van der Waals surface area contributed by atoms with Crippen LogP contribution in [-0.2, 0) is 14.3 Å². The standard InChI is InChI=1S/C22H38N4O4S2/c1-7-23-16-18(31)26(19(23)28)22(5,6)10-12-30-14-13-29-11-9-21(3,4)25-17(27)15-24(8-2)20(25)32/h7-16H2,1-6H3. The zero-order valence-electron chi connectivity index (χ0n) is 20.3. The molecule has 0 saturated carbocycles. The Kier molecular flexibility index (Phi) is 9.39. The van der Waals surface area contributed by atoms with E-state index in [1.54, 1.807) is 14.7 Å². The zero-order valence-corrected chi connectivity index (χ0v) is 21.9. The van der Waals surface area contributed by atoms with Gasteiger partial charge in [0, 0.05) is 37.4 Å². The van der Waals surface area contributed by atoms with Crippen molar-refractivity contribution in [1.29, 1.82) is 0 Å². The first-order chi connectivity index (χ1) is 15.0. The lowest BCUT2D eigenvalue weighted by atomic mass is 9.99. The number of carbonyl (C=O) groups excluding carboxylic acids is 2. The summed E-state index contributed by atoms with van der Waals surface area (Å²) in [6, 6.07) is -0.0218. The molecular weight excluding hydrogens is 448 g/mol. The molecule has 0 spiro atoms. The van der Waals surface area contributed by atoms with Crippen molar-refractivity contribution >= 4 is 46.5 Å². The maximum Gasteiger partial charge on any atom is 0.325 e. The lowest BCUT2D eigenvalue weighted by Crippen LogP contribution is -2.49. The number of urea groups is 1. The average Bonchev–Trinajstić information content (AvgIpc) is 3.18. The van der Waals surface area contributed by atoms with Gasteiger partial charge in [-0.05, 0) is 66.6 Å². The molecule has 0 aromatic carbocycles. The van der Waals surface area contributed by atoms with Gasteiger partial charge in [0.1, 0.15) is 4.99 Å². The Morgan fingerprint density at radius 3 is 1.72 bits per heavy atom. The second-order valence-electron chi connectivity index (χ2n) is 9.40. The SMILES string of the molecule is CCN1CC(=S)N(C(C)(C)CCOCCOCCC(C)(C)N2C(=O)CN(CC)C2=S)C1=O. The number of hydrogen-bond donors (Lipinski definition) is 0. The fourth-order valence-corrected chi connectivity index (χ4v) is 5.00. The van der Waals surface area contributed by atoms with Gasteiger partial charge >= 0.3 is 6.03 Å². The second kappa shape index (κ2) is 11.2. The summed E-state index contributed by atoms with van der Waals surface area (Å²) in [4.78, 5) is 32.7. The van der Waals surface area contributed by atoms with Crippen LogP contribution in [-0.4, -0.2) is 105 Å². The van der Waals surface area contributed by atoms with E-state index in [0.717, 1.165) is 6.54 Å². The first kappa shape index (κ1) is 26.9. The van der Waals surface area contributed by atoms with E-state index < -0.39 is 11.1 Å². The molecule has 0 radical (unpaired) electrons. The molecule has 2 fully saturated rings. The van der Waals surface area contributed by atoms with Crippen LogP contribution in [0.1, 0.15) is 54.4 Å². The van der Waals surface area contributed by atoms with Gasteiger partial charge in [-0.3, -0.25) is 14.6 Å². The van der Waals surface area contributed by atoms with Gasteiger partial charge in [0.15, 0.2) is 5.11 Å². The molecule has 0 aromatic heterocycles. The largest absolute Gasteiger partial charge is 0.379 e. The summed E-state index contributed by atoms with van der Waals surface area (Å²) < 4.78 is 11.5. The molecule has 0 bridgehead atoms. The number of hydrogen-bond acceptors (Lipinski definition) is 6. The Morgan fingerprint density at radius 1 is 0.781 bits per heavy atom. The van der Waals surface area contributed by atoms with Crippen LogP contribution < -0.4 is 0 Å². The highest BCUT2D eigenvalue weighted by molar-refractivity contribution is 7.80. The van der Waals surface area contributed by atoms with Crippen molar-refractivity contribution in [3.8, 4) is 0 Å². The lowest BCUT2D eigenvalue weighted by molar-refractivity contribution is -0.128. The molecule has 8 nitrogen and oxygen atoms in total. The highest BCUT2D eigenvalue weighted by Crippen LogP contribution is 2.27. The average molecular weight is 487 g/mol. The van der Waals surface area contributed by atoms with Crippen molar-refractivity contribution in [3.05, 3.63) is 0 Å². The molecule has 32 heavy (non-hydrogen) atoms. The third kappa shape index (κ3) is 6.15. The molecule has 2 saturated heterocycles. The van der Waals surface area contributed by atoms with Gasteiger partial charge in [-0.15, -0.1) is 0 Å². The number of likely N-dealkylation sites (N-methyl/N-ethyl adjacent to an activating group) is 2. The fourth-order valence-electron chi connectivity index (χ4n) is 3.98. The normalized spacial score (nSPS) is 18.1. The van der Waals surface area contributed by atoms with Gasteiger partial charge in [-0.25, -0.2) is 4.79 Å². The Morgan fingerprint density at radius 2 is 1.28 bits per heavy atom. The van der Waals surface area contributed by atoms with Gasteiger partial charge < -0.3 is 19.3 Å². The van der Waals surface area contributed by atoms with E-state index in [1.807, 2.05) is 46.4 Å². The van der Waals surface area contributed by atoms with Crippen LogP contribution in [0.2, 0.25) is 0 Å². The van der Waals surface area contributed by atoms with Crippen molar-refractivity contribution in [2.24, 2.45) is 0 Å². The van der Waals surface area contributed by atoms with Crippen molar-refractivity contribution in [3.63, 3.8) is 0 Å². The monoisotopic (exact) mass is 486 g/mol. The minimum atomic E-state index is -0.393. The first-order valence-electron chi connectivity index (χ1n) is 11.4. The van der Waals surface area contributed by atoms with E-state index in [0.29, 0.717) is 69.0 Å². The molecule has 0 unspecified atom stereocenters. The molecule has 2 rings (SSSR count). The Bertz CT molecular complexity index is 669. The lowest BCUT2D eigenvalue weighted by Gasteiger charge is -2.35. The predicted octanol–water partition coefficient (Wildman–Crippen LogP) is 2.89. The molecule has 0 aliphatic carbocycles. The molecule has 2 aliphatic heterocycles. The molecular formula is C22H38N4O4S2. The number of nitrogens with zero attached hydrogens (tertiary/aromatic N) is 4. The number of carbonyl (C=O) groups is 2. The van der Waals surface area contributed by atoms with Crippen LogP contribution in [0.4, 0.5) is 4.79 Å². The molecule has 10 heteroatoms. The van der Waals surface area contributed by atoms with E-state index in [4.69, 9.17) is 33.9 Å². The van der Waals surface area contributed by atoms with E-state index in [9.17, 15) is 9.59 Å². The molecule has 0 atom stereocenters. The Balaban J connectivity index is 1.65. The van der Waals surface area contributed by atoms with E-state index in [1.165, 1.54) is 0 Å². The fraction of sp³-hybridized carbons (Fsp3) is 0.818. The zero-order chi connectivity index (χ0) is 24.1. The second-order valence-corrected chi connectivity index (χ2v) is 10.2. The maximum absolute atomic E-state index is 12.5. The van der Waals surface area contributed by atoms with Gasteiger partial charge in [0.2, 0.25) is 5.91 Å². The summed E-state index contributed by atoms with van der Waals surface area (Å²) in [7, 11) is 0. The number of thiocarbonyl (C=S) groups is 2. The molecule has 0 aromatic rings. The third-order valence-electron chi connectivity index (χ3n) is 6.14. The van der Waals surface area contributed by atoms with Crippen molar-refractivity contribution < 1.29 is 19.1 Å². The third-order valence-corrected chi connectivity index (χ3v) is 6.89. The van der Waals surface area contributed by atoms with E-state index >= 15 is 0 Å². The highest BCUT2D eigenvalue weighted by Gasteiger charge is 2.42. The summed E-state index contributed by atoms with van der Waals surface area (Å²) in [5, 5.41) is 0.603. The minimum absolute atomic E-state index is 0.0218. The molecule has 2 heterocycles. The van der Waals surface area contributed by atoms with E-state index in [2.05, 4.69) is 0 Å². The van der Waals surface area contributed by atoms with Crippen molar-refractivity contribution in [2.45, 2.75) is 65.5 Å². The number of ether oxygens (including phenoxy) is 2. The van der Waals surface area contributed by atoms with Crippen LogP contribution in [0.3, 0.4) is 0 Å². The molecule has 182 valence electrons. The summed E-state index contributed by atoms with van der Waals surface area (Å²) in [6.07, 6.45) is 1.37. The van der Waals surface area contributed by atoms with Crippen LogP contribution in [0, 0.1) is 0 Å². The van der Waals surface area contributed by atoms with Gasteiger partial charge in [0.05, 0.1) is 26.3 Å². The Hall–Kier alpha value is -1.36. The maximum atomic E-state index is 12.5. The summed E-state index contributed by atoms with van der Waals surface area (Å²) in [5.41, 5.74) is -0.786.